The normalized spacial score (nSPS) is 27.8. The first-order valence-electron chi connectivity index (χ1n) is 18.7. The number of esters is 1. The van der Waals surface area contributed by atoms with Crippen LogP contribution in [-0.2, 0) is 19.0 Å². The summed E-state index contributed by atoms with van der Waals surface area (Å²) in [4.78, 5) is 11.7. The van der Waals surface area contributed by atoms with Crippen LogP contribution in [0, 0.1) is 0 Å². The van der Waals surface area contributed by atoms with Gasteiger partial charge in [-0.2, -0.15) is 0 Å². The number of rotatable bonds is 25. The fourth-order valence-corrected chi connectivity index (χ4v) is 7.29. The summed E-state index contributed by atoms with van der Waals surface area (Å²) in [5.41, 5.74) is 0.611. The summed E-state index contributed by atoms with van der Waals surface area (Å²) in [6.07, 6.45) is 22.1. The van der Waals surface area contributed by atoms with Crippen molar-refractivity contribution in [1.82, 2.24) is 0 Å². The summed E-state index contributed by atoms with van der Waals surface area (Å²) < 4.78 is 17.6. The quantitative estimate of drug-likeness (QED) is 0.0634. The van der Waals surface area contributed by atoms with Crippen molar-refractivity contribution in [2.75, 3.05) is 0 Å². The fraction of sp³-hybridized carbons (Fsp3) is 0.919. The highest BCUT2D eigenvalue weighted by molar-refractivity contribution is 5.90. The summed E-state index contributed by atoms with van der Waals surface area (Å²) in [6.45, 7) is 3.98. The molecular formula is C37H66O8. The molecular weight excluding hydrogens is 572 g/mol. The third-order valence-corrected chi connectivity index (χ3v) is 10.1. The molecule has 3 aliphatic heterocycles. The van der Waals surface area contributed by atoms with Gasteiger partial charge >= 0.3 is 5.97 Å². The molecule has 0 radical (unpaired) electrons. The van der Waals surface area contributed by atoms with Gasteiger partial charge in [0.15, 0.2) is 0 Å². The van der Waals surface area contributed by atoms with E-state index in [2.05, 4.69) is 6.92 Å². The number of aliphatic hydroxyl groups is 4. The third-order valence-electron chi connectivity index (χ3n) is 10.1. The standard InChI is InChI=1S/C37H66O8/c1-3-4-16-29(38)17-13-11-15-20-32(41)34-22-24-36(45-34)35-23-21-33(44-35)31(40)19-14-10-8-6-5-7-9-12-18-30(39)26-28-25-27(2)43-37(28)42/h25,27,29-36,38-41H,3-24,26H2,1-2H3. The molecule has 2 saturated heterocycles. The van der Waals surface area contributed by atoms with E-state index >= 15 is 0 Å². The van der Waals surface area contributed by atoms with Gasteiger partial charge in [0.1, 0.15) is 6.10 Å². The van der Waals surface area contributed by atoms with E-state index in [1.54, 1.807) is 0 Å². The molecule has 3 aliphatic rings. The van der Waals surface area contributed by atoms with Gasteiger partial charge in [-0.3, -0.25) is 0 Å². The number of hydrogen-bond donors (Lipinski definition) is 4. The Kier molecular flexibility index (Phi) is 18.6. The molecule has 8 nitrogen and oxygen atoms in total. The molecule has 45 heavy (non-hydrogen) atoms. The van der Waals surface area contributed by atoms with Crippen LogP contribution in [0.1, 0.15) is 162 Å². The Morgan fingerprint density at radius 1 is 0.644 bits per heavy atom. The third kappa shape index (κ3) is 14.7. The molecule has 0 spiro atoms. The second-order valence-corrected chi connectivity index (χ2v) is 14.2. The second-order valence-electron chi connectivity index (χ2n) is 14.2. The molecule has 2 fully saturated rings. The molecule has 0 aromatic heterocycles. The van der Waals surface area contributed by atoms with Crippen molar-refractivity contribution in [3.63, 3.8) is 0 Å². The van der Waals surface area contributed by atoms with E-state index in [9.17, 15) is 25.2 Å². The molecule has 0 bridgehead atoms. The zero-order valence-electron chi connectivity index (χ0n) is 28.5. The minimum absolute atomic E-state index is 0.0196. The van der Waals surface area contributed by atoms with Gasteiger partial charge in [-0.25, -0.2) is 4.79 Å². The number of carbonyl (C=O) groups excluding carboxylic acids is 1. The molecule has 3 rings (SSSR count). The van der Waals surface area contributed by atoms with E-state index in [1.165, 1.54) is 25.7 Å². The highest BCUT2D eigenvalue weighted by atomic mass is 16.6. The smallest absolute Gasteiger partial charge is 0.334 e. The molecule has 0 amide bonds. The van der Waals surface area contributed by atoms with Crippen molar-refractivity contribution in [2.24, 2.45) is 0 Å². The average molecular weight is 639 g/mol. The monoisotopic (exact) mass is 638 g/mol. The Morgan fingerprint density at radius 2 is 1.09 bits per heavy atom. The molecule has 4 N–H and O–H groups in total. The molecule has 9 atom stereocenters. The van der Waals surface area contributed by atoms with Crippen LogP contribution in [0.3, 0.4) is 0 Å². The lowest BCUT2D eigenvalue weighted by Crippen LogP contribution is -2.33. The largest absolute Gasteiger partial charge is 0.455 e. The Balaban J connectivity index is 1.14. The van der Waals surface area contributed by atoms with Crippen LogP contribution in [-0.4, -0.2) is 81.3 Å². The van der Waals surface area contributed by atoms with Gasteiger partial charge in [0, 0.05) is 12.0 Å². The van der Waals surface area contributed by atoms with Gasteiger partial charge in [-0.1, -0.05) is 90.4 Å². The lowest BCUT2D eigenvalue weighted by Gasteiger charge is -2.24. The first kappa shape index (κ1) is 38.4. The zero-order chi connectivity index (χ0) is 32.4. The van der Waals surface area contributed by atoms with Gasteiger partial charge in [-0.15, -0.1) is 0 Å². The average Bonchev–Trinajstić information content (AvgIpc) is 3.77. The number of hydrogen-bond acceptors (Lipinski definition) is 8. The predicted molar refractivity (Wildman–Crippen MR) is 177 cm³/mol. The van der Waals surface area contributed by atoms with Crippen LogP contribution in [0.4, 0.5) is 0 Å². The SMILES string of the molecule is CCCCC(O)CCCCCC(O)C1CCC(C2CCC(C(O)CCCCCCCCCCC(O)CC3=CC(C)OC3=O)O2)O1. The highest BCUT2D eigenvalue weighted by Crippen LogP contribution is 2.34. The maximum Gasteiger partial charge on any atom is 0.334 e. The summed E-state index contributed by atoms with van der Waals surface area (Å²) in [5, 5.41) is 41.6. The Labute approximate surface area is 273 Å². The van der Waals surface area contributed by atoms with Gasteiger partial charge in [0.2, 0.25) is 0 Å². The lowest BCUT2D eigenvalue weighted by molar-refractivity contribution is -0.139. The van der Waals surface area contributed by atoms with Crippen molar-refractivity contribution >= 4 is 5.97 Å². The molecule has 8 heteroatoms. The van der Waals surface area contributed by atoms with Crippen LogP contribution in [0.15, 0.2) is 11.6 Å². The van der Waals surface area contributed by atoms with E-state index in [0.29, 0.717) is 12.0 Å². The number of unbranched alkanes of at least 4 members (excludes halogenated alkanes) is 10. The maximum atomic E-state index is 11.7. The summed E-state index contributed by atoms with van der Waals surface area (Å²) >= 11 is 0. The van der Waals surface area contributed by atoms with E-state index in [4.69, 9.17) is 14.2 Å². The van der Waals surface area contributed by atoms with Crippen molar-refractivity contribution in [3.8, 4) is 0 Å². The maximum absolute atomic E-state index is 11.7. The van der Waals surface area contributed by atoms with Gasteiger partial charge < -0.3 is 34.6 Å². The van der Waals surface area contributed by atoms with E-state index in [-0.39, 0.29) is 42.6 Å². The first-order valence-corrected chi connectivity index (χ1v) is 18.7. The highest BCUT2D eigenvalue weighted by Gasteiger charge is 2.40. The van der Waals surface area contributed by atoms with E-state index in [0.717, 1.165) is 116 Å². The summed E-state index contributed by atoms with van der Waals surface area (Å²) in [5.74, 6) is -0.286. The van der Waals surface area contributed by atoms with Crippen LogP contribution in [0.2, 0.25) is 0 Å². The minimum Gasteiger partial charge on any atom is -0.455 e. The first-order chi connectivity index (χ1) is 21.8. The second kappa shape index (κ2) is 21.8. The summed E-state index contributed by atoms with van der Waals surface area (Å²) in [7, 11) is 0. The molecule has 3 heterocycles. The van der Waals surface area contributed by atoms with Gasteiger partial charge in [0.25, 0.3) is 0 Å². The Morgan fingerprint density at radius 3 is 1.58 bits per heavy atom. The molecule has 0 saturated carbocycles. The molecule has 9 unspecified atom stereocenters. The van der Waals surface area contributed by atoms with Crippen molar-refractivity contribution in [2.45, 2.75) is 216 Å². The van der Waals surface area contributed by atoms with E-state index < -0.39 is 18.3 Å². The molecule has 262 valence electrons. The number of carbonyl (C=O) groups is 1. The van der Waals surface area contributed by atoms with Crippen LogP contribution in [0.5, 0.6) is 0 Å². The van der Waals surface area contributed by atoms with Crippen molar-refractivity contribution in [1.29, 1.82) is 0 Å². The van der Waals surface area contributed by atoms with Crippen molar-refractivity contribution < 1.29 is 39.4 Å². The predicted octanol–water partition coefficient (Wildman–Crippen LogP) is 6.83. The summed E-state index contributed by atoms with van der Waals surface area (Å²) in [6, 6.07) is 0. The number of aliphatic hydroxyl groups excluding tert-OH is 4. The fourth-order valence-electron chi connectivity index (χ4n) is 7.29. The Hall–Kier alpha value is -1.03. The van der Waals surface area contributed by atoms with Crippen molar-refractivity contribution in [3.05, 3.63) is 11.6 Å². The number of cyclic esters (lactones) is 1. The molecule has 0 aliphatic carbocycles. The zero-order valence-corrected chi connectivity index (χ0v) is 28.5. The Bertz CT molecular complexity index is 833. The molecule has 0 aromatic rings. The van der Waals surface area contributed by atoms with E-state index in [1.807, 2.05) is 13.0 Å². The van der Waals surface area contributed by atoms with Gasteiger partial charge in [0.05, 0.1) is 48.8 Å². The molecule has 0 aromatic carbocycles. The lowest BCUT2D eigenvalue weighted by atomic mass is 10.00. The van der Waals surface area contributed by atoms with Crippen LogP contribution in [0.25, 0.3) is 0 Å². The van der Waals surface area contributed by atoms with Gasteiger partial charge in [-0.05, 0) is 70.8 Å². The number of ether oxygens (including phenoxy) is 3. The minimum atomic E-state index is -0.470. The topological polar surface area (TPSA) is 126 Å². The van der Waals surface area contributed by atoms with Crippen LogP contribution < -0.4 is 0 Å². The van der Waals surface area contributed by atoms with Crippen LogP contribution >= 0.6 is 0 Å².